The van der Waals surface area contributed by atoms with Crippen LogP contribution in [0.2, 0.25) is 5.02 Å². The van der Waals surface area contributed by atoms with E-state index in [0.29, 0.717) is 32.0 Å². The number of aryl methyl sites for hydroxylation is 1. The fourth-order valence-electron chi connectivity index (χ4n) is 6.04. The van der Waals surface area contributed by atoms with Gasteiger partial charge in [-0.2, -0.15) is 13.2 Å². The number of halogens is 4. The topological polar surface area (TPSA) is 48.5 Å². The minimum Gasteiger partial charge on any atom is -0.380 e. The lowest BCUT2D eigenvalue weighted by Gasteiger charge is -2.44. The molecule has 5 nitrogen and oxygen atoms in total. The second kappa shape index (κ2) is 10.6. The van der Waals surface area contributed by atoms with Crippen LogP contribution >= 0.6 is 11.6 Å². The molecule has 5 rings (SSSR count). The highest BCUT2D eigenvalue weighted by Gasteiger charge is 2.41. The van der Waals surface area contributed by atoms with Gasteiger partial charge in [0.1, 0.15) is 5.82 Å². The Kier molecular flexibility index (Phi) is 7.45. The molecule has 1 aliphatic carbocycles. The van der Waals surface area contributed by atoms with Crippen LogP contribution in [0.3, 0.4) is 0 Å². The molecule has 194 valence electrons. The number of rotatable bonds is 5. The van der Waals surface area contributed by atoms with E-state index >= 15 is 0 Å². The first-order valence-electron chi connectivity index (χ1n) is 12.9. The Morgan fingerprint density at radius 1 is 1.03 bits per heavy atom. The van der Waals surface area contributed by atoms with Crippen LogP contribution in [-0.2, 0) is 17.4 Å². The molecule has 2 aromatic rings. The summed E-state index contributed by atoms with van der Waals surface area (Å²) in [6, 6.07) is 8.91. The van der Waals surface area contributed by atoms with Crippen molar-refractivity contribution in [1.82, 2.24) is 9.88 Å². The normalized spacial score (nSPS) is 22.6. The Morgan fingerprint density at radius 3 is 2.47 bits per heavy atom. The number of fused-ring (bicyclic) bond motifs is 1. The summed E-state index contributed by atoms with van der Waals surface area (Å²) in [6.07, 6.45) is 3.70. The monoisotopic (exact) mass is 520 g/mol. The maximum atomic E-state index is 13.9. The molecule has 2 unspecified atom stereocenters. The van der Waals surface area contributed by atoms with E-state index in [9.17, 15) is 18.0 Å². The fourth-order valence-corrected chi connectivity index (χ4v) is 6.38. The number of hydrogen-bond acceptors (Lipinski definition) is 5. The van der Waals surface area contributed by atoms with Gasteiger partial charge in [-0.3, -0.25) is 9.69 Å². The molecular weight excluding hydrogens is 489 g/mol. The Bertz CT molecular complexity index is 1080. The van der Waals surface area contributed by atoms with Crippen LogP contribution in [0.5, 0.6) is 0 Å². The SMILES string of the molecule is O=C(C1CCCCC1)C(C1CCc2ccccc2N1)N1CCN(c2nccc(C(F)(F)F)c2Cl)CC1. The molecule has 3 aliphatic rings. The lowest BCUT2D eigenvalue weighted by Crippen LogP contribution is -2.60. The predicted molar refractivity (Wildman–Crippen MR) is 136 cm³/mol. The van der Waals surface area contributed by atoms with Gasteiger partial charge in [0.15, 0.2) is 5.78 Å². The number of alkyl halides is 3. The molecule has 0 amide bonds. The zero-order chi connectivity index (χ0) is 25.3. The van der Waals surface area contributed by atoms with Gasteiger partial charge in [0.2, 0.25) is 0 Å². The lowest BCUT2D eigenvalue weighted by molar-refractivity contribution is -0.137. The van der Waals surface area contributed by atoms with Crippen molar-refractivity contribution in [3.63, 3.8) is 0 Å². The molecule has 1 aromatic carbocycles. The van der Waals surface area contributed by atoms with Crippen LogP contribution in [0, 0.1) is 5.92 Å². The first-order valence-corrected chi connectivity index (χ1v) is 13.3. The van der Waals surface area contributed by atoms with Gasteiger partial charge in [0.25, 0.3) is 0 Å². The van der Waals surface area contributed by atoms with Crippen molar-refractivity contribution in [3.8, 4) is 0 Å². The van der Waals surface area contributed by atoms with Gasteiger partial charge in [0.05, 0.1) is 16.6 Å². The minimum atomic E-state index is -4.53. The number of hydrogen-bond donors (Lipinski definition) is 1. The van der Waals surface area contributed by atoms with Gasteiger partial charge in [-0.05, 0) is 43.4 Å². The van der Waals surface area contributed by atoms with Crippen molar-refractivity contribution in [2.45, 2.75) is 63.2 Å². The molecule has 0 radical (unpaired) electrons. The quantitative estimate of drug-likeness (QED) is 0.538. The van der Waals surface area contributed by atoms with Crippen molar-refractivity contribution >= 4 is 28.9 Å². The Balaban J connectivity index is 1.35. The second-order valence-corrected chi connectivity index (χ2v) is 10.5. The molecule has 1 N–H and O–H groups in total. The molecule has 1 aromatic heterocycles. The van der Waals surface area contributed by atoms with E-state index in [0.717, 1.165) is 56.5 Å². The molecule has 2 fully saturated rings. The molecule has 2 atom stereocenters. The fraction of sp³-hybridized carbons (Fsp3) is 0.556. The van der Waals surface area contributed by atoms with Crippen molar-refractivity contribution < 1.29 is 18.0 Å². The molecule has 1 saturated carbocycles. The highest BCUT2D eigenvalue weighted by molar-refractivity contribution is 6.33. The standard InChI is InChI=1S/C27H32ClF3N4O/c28-23-20(27(29,30)31)12-13-32-26(23)35-16-14-34(15-17-35)24(25(36)19-7-2-1-3-8-19)22-11-10-18-6-4-5-9-21(18)33-22/h4-6,9,12-13,19,22,24,33H,1-3,7-8,10-11,14-17H2. The maximum Gasteiger partial charge on any atom is 0.418 e. The third kappa shape index (κ3) is 5.21. The number of para-hydroxylation sites is 1. The summed E-state index contributed by atoms with van der Waals surface area (Å²) in [5.74, 6) is 0.557. The third-order valence-corrected chi connectivity index (χ3v) is 8.32. The summed E-state index contributed by atoms with van der Waals surface area (Å²) in [6.45, 7) is 2.06. The van der Waals surface area contributed by atoms with Gasteiger partial charge in [0, 0.05) is 50.0 Å². The van der Waals surface area contributed by atoms with Crippen molar-refractivity contribution in [2.24, 2.45) is 5.92 Å². The van der Waals surface area contributed by atoms with E-state index in [1.165, 1.54) is 12.0 Å². The van der Waals surface area contributed by atoms with Gasteiger partial charge in [-0.15, -0.1) is 0 Å². The van der Waals surface area contributed by atoms with Crippen LogP contribution in [-0.4, -0.2) is 53.9 Å². The summed E-state index contributed by atoms with van der Waals surface area (Å²) >= 11 is 6.15. The number of aromatic nitrogens is 1. The average molecular weight is 521 g/mol. The Morgan fingerprint density at radius 2 is 1.75 bits per heavy atom. The van der Waals surface area contributed by atoms with Gasteiger partial charge < -0.3 is 10.2 Å². The first-order chi connectivity index (χ1) is 17.3. The van der Waals surface area contributed by atoms with Gasteiger partial charge in [-0.1, -0.05) is 49.1 Å². The lowest BCUT2D eigenvalue weighted by atomic mass is 9.80. The summed E-state index contributed by atoms with van der Waals surface area (Å²) in [5.41, 5.74) is 1.49. The van der Waals surface area contributed by atoms with Crippen LogP contribution < -0.4 is 10.2 Å². The summed E-state index contributed by atoms with van der Waals surface area (Å²) < 4.78 is 40.1. The maximum absolute atomic E-state index is 13.9. The molecule has 0 bridgehead atoms. The number of piperazine rings is 1. The summed E-state index contributed by atoms with van der Waals surface area (Å²) in [4.78, 5) is 22.1. The van der Waals surface area contributed by atoms with Crippen LogP contribution in [0.15, 0.2) is 36.5 Å². The minimum absolute atomic E-state index is 0.0103. The highest BCUT2D eigenvalue weighted by atomic mass is 35.5. The predicted octanol–water partition coefficient (Wildman–Crippen LogP) is 5.82. The van der Waals surface area contributed by atoms with Crippen LogP contribution in [0.4, 0.5) is 24.7 Å². The largest absolute Gasteiger partial charge is 0.418 e. The number of nitrogens with one attached hydrogen (secondary N) is 1. The number of anilines is 2. The van der Waals surface area contributed by atoms with E-state index in [-0.39, 0.29) is 28.8 Å². The molecular formula is C27H32ClF3N4O. The zero-order valence-electron chi connectivity index (χ0n) is 20.2. The summed E-state index contributed by atoms with van der Waals surface area (Å²) in [7, 11) is 0. The number of carbonyl (C=O) groups is 1. The van der Waals surface area contributed by atoms with E-state index in [2.05, 4.69) is 27.3 Å². The van der Waals surface area contributed by atoms with Crippen molar-refractivity contribution in [2.75, 3.05) is 36.4 Å². The third-order valence-electron chi connectivity index (χ3n) is 7.95. The number of pyridine rings is 1. The molecule has 2 aliphatic heterocycles. The number of ketones is 1. The highest BCUT2D eigenvalue weighted by Crippen LogP contribution is 2.39. The number of nitrogens with zero attached hydrogens (tertiary/aromatic N) is 3. The van der Waals surface area contributed by atoms with Crippen LogP contribution in [0.25, 0.3) is 0 Å². The molecule has 9 heteroatoms. The summed E-state index contributed by atoms with van der Waals surface area (Å²) in [5, 5.41) is 3.29. The Hall–Kier alpha value is -2.32. The smallest absolute Gasteiger partial charge is 0.380 e. The molecule has 3 heterocycles. The zero-order valence-corrected chi connectivity index (χ0v) is 21.0. The van der Waals surface area contributed by atoms with Crippen LogP contribution in [0.1, 0.15) is 49.7 Å². The van der Waals surface area contributed by atoms with E-state index in [1.807, 2.05) is 12.1 Å². The Labute approximate surface area is 215 Å². The van der Waals surface area contributed by atoms with Crippen molar-refractivity contribution in [1.29, 1.82) is 0 Å². The molecule has 0 spiro atoms. The number of Topliss-reactive ketones (excluding diaryl/α,β-unsaturated/α-hetero) is 1. The van der Waals surface area contributed by atoms with E-state index in [1.54, 1.807) is 4.90 Å². The van der Waals surface area contributed by atoms with E-state index in [4.69, 9.17) is 11.6 Å². The average Bonchev–Trinajstić information content (AvgIpc) is 2.89. The van der Waals surface area contributed by atoms with Crippen molar-refractivity contribution in [3.05, 3.63) is 52.7 Å². The number of benzene rings is 1. The first kappa shape index (κ1) is 25.3. The molecule has 1 saturated heterocycles. The molecule has 36 heavy (non-hydrogen) atoms. The second-order valence-electron chi connectivity index (χ2n) is 10.1. The van der Waals surface area contributed by atoms with E-state index < -0.39 is 11.7 Å². The van der Waals surface area contributed by atoms with Gasteiger partial charge in [-0.25, -0.2) is 4.98 Å². The van der Waals surface area contributed by atoms with Gasteiger partial charge >= 0.3 is 6.18 Å². The number of carbonyl (C=O) groups excluding carboxylic acids is 1.